The molecule has 2 rings (SSSR count). The smallest absolute Gasteiger partial charge is 0.221 e. The van der Waals surface area contributed by atoms with E-state index in [2.05, 4.69) is 16.8 Å². The molecule has 1 aromatic carbocycles. The quantitative estimate of drug-likeness (QED) is 0.821. The van der Waals surface area contributed by atoms with E-state index in [1.165, 1.54) is 17.4 Å². The number of thiophene rings is 1. The Labute approximate surface area is 92.6 Å². The summed E-state index contributed by atoms with van der Waals surface area (Å²) in [5.74, 6) is -0.0427. The van der Waals surface area contributed by atoms with E-state index in [4.69, 9.17) is 0 Å². The van der Waals surface area contributed by atoms with Crippen molar-refractivity contribution in [2.45, 2.75) is 6.92 Å². The van der Waals surface area contributed by atoms with Crippen LogP contribution >= 0.6 is 11.3 Å². The topological polar surface area (TPSA) is 29.1 Å². The number of nitrogens with one attached hydrogen (secondary N) is 1. The van der Waals surface area contributed by atoms with Crippen LogP contribution in [-0.2, 0) is 4.79 Å². The summed E-state index contributed by atoms with van der Waals surface area (Å²) in [5.41, 5.74) is 2.02. The van der Waals surface area contributed by atoms with Gasteiger partial charge < -0.3 is 5.32 Å². The van der Waals surface area contributed by atoms with E-state index < -0.39 is 0 Å². The molecule has 2 nitrogen and oxygen atoms in total. The van der Waals surface area contributed by atoms with Gasteiger partial charge in [0.25, 0.3) is 0 Å². The first-order valence-corrected chi connectivity index (χ1v) is 5.55. The molecule has 0 saturated carbocycles. The molecule has 0 aliphatic heterocycles. The van der Waals surface area contributed by atoms with Gasteiger partial charge in [0.15, 0.2) is 0 Å². The normalized spacial score (nSPS) is 9.93. The first kappa shape index (κ1) is 9.93. The van der Waals surface area contributed by atoms with Gasteiger partial charge in [-0.2, -0.15) is 0 Å². The molecule has 1 N–H and O–H groups in total. The third kappa shape index (κ3) is 2.44. The van der Waals surface area contributed by atoms with Crippen LogP contribution < -0.4 is 5.32 Å². The van der Waals surface area contributed by atoms with Crippen LogP contribution in [0, 0.1) is 0 Å². The van der Waals surface area contributed by atoms with E-state index in [-0.39, 0.29) is 5.91 Å². The van der Waals surface area contributed by atoms with Gasteiger partial charge in [0.1, 0.15) is 0 Å². The van der Waals surface area contributed by atoms with E-state index in [0.29, 0.717) is 0 Å². The SMILES string of the molecule is CC(=O)Nc1ccc(-c2cccs2)cc1. The average molecular weight is 217 g/mol. The van der Waals surface area contributed by atoms with Crippen LogP contribution in [0.1, 0.15) is 6.92 Å². The zero-order valence-corrected chi connectivity index (χ0v) is 9.17. The average Bonchev–Trinajstić information content (AvgIpc) is 2.71. The maximum absolute atomic E-state index is 10.8. The number of rotatable bonds is 2. The summed E-state index contributed by atoms with van der Waals surface area (Å²) in [4.78, 5) is 12.1. The summed E-state index contributed by atoms with van der Waals surface area (Å²) < 4.78 is 0. The van der Waals surface area contributed by atoms with Crippen molar-refractivity contribution < 1.29 is 4.79 Å². The fraction of sp³-hybridized carbons (Fsp3) is 0.0833. The molecule has 0 aliphatic rings. The van der Waals surface area contributed by atoms with Crippen molar-refractivity contribution >= 4 is 22.9 Å². The van der Waals surface area contributed by atoms with E-state index in [1.807, 2.05) is 30.3 Å². The lowest BCUT2D eigenvalue weighted by Gasteiger charge is -2.02. The summed E-state index contributed by atoms with van der Waals surface area (Å²) >= 11 is 1.71. The number of carbonyl (C=O) groups excluding carboxylic acids is 1. The van der Waals surface area contributed by atoms with Gasteiger partial charge in [-0.15, -0.1) is 11.3 Å². The molecular weight excluding hydrogens is 206 g/mol. The molecule has 0 atom stereocenters. The summed E-state index contributed by atoms with van der Waals surface area (Å²) in [6.07, 6.45) is 0. The Morgan fingerprint density at radius 2 is 1.93 bits per heavy atom. The molecule has 0 bridgehead atoms. The van der Waals surface area contributed by atoms with E-state index in [1.54, 1.807) is 11.3 Å². The molecule has 15 heavy (non-hydrogen) atoms. The van der Waals surface area contributed by atoms with Crippen LogP contribution in [0.15, 0.2) is 41.8 Å². The highest BCUT2D eigenvalue weighted by Crippen LogP contribution is 2.25. The fourth-order valence-corrected chi connectivity index (χ4v) is 2.10. The van der Waals surface area contributed by atoms with Gasteiger partial charge in [-0.1, -0.05) is 18.2 Å². The van der Waals surface area contributed by atoms with Gasteiger partial charge in [-0.05, 0) is 29.1 Å². The Bertz CT molecular complexity index is 445. The number of amides is 1. The van der Waals surface area contributed by atoms with Gasteiger partial charge in [-0.3, -0.25) is 4.79 Å². The van der Waals surface area contributed by atoms with E-state index >= 15 is 0 Å². The van der Waals surface area contributed by atoms with Gasteiger partial charge >= 0.3 is 0 Å². The molecule has 76 valence electrons. The monoisotopic (exact) mass is 217 g/mol. The lowest BCUT2D eigenvalue weighted by Crippen LogP contribution is -2.05. The van der Waals surface area contributed by atoms with Crippen LogP contribution in [0.25, 0.3) is 10.4 Å². The van der Waals surface area contributed by atoms with Gasteiger partial charge in [0.2, 0.25) is 5.91 Å². The minimum Gasteiger partial charge on any atom is -0.326 e. The van der Waals surface area contributed by atoms with Crippen LogP contribution in [-0.4, -0.2) is 5.91 Å². The third-order valence-electron chi connectivity index (χ3n) is 2.01. The maximum Gasteiger partial charge on any atom is 0.221 e. The van der Waals surface area contributed by atoms with Crippen molar-refractivity contribution in [2.24, 2.45) is 0 Å². The summed E-state index contributed by atoms with van der Waals surface area (Å²) in [6.45, 7) is 1.51. The molecule has 2 aromatic rings. The minimum atomic E-state index is -0.0427. The molecule has 3 heteroatoms. The lowest BCUT2D eigenvalue weighted by atomic mass is 10.2. The van der Waals surface area contributed by atoms with Gasteiger partial charge in [-0.25, -0.2) is 0 Å². The highest BCUT2D eigenvalue weighted by molar-refractivity contribution is 7.13. The molecule has 1 amide bonds. The van der Waals surface area contributed by atoms with Crippen molar-refractivity contribution in [3.8, 4) is 10.4 Å². The second-order valence-corrected chi connectivity index (χ2v) is 4.18. The zero-order chi connectivity index (χ0) is 10.7. The molecule has 1 aromatic heterocycles. The molecule has 0 radical (unpaired) electrons. The zero-order valence-electron chi connectivity index (χ0n) is 8.36. The molecule has 0 saturated heterocycles. The Morgan fingerprint density at radius 1 is 1.20 bits per heavy atom. The van der Waals surface area contributed by atoms with Gasteiger partial charge in [0, 0.05) is 17.5 Å². The first-order chi connectivity index (χ1) is 7.25. The predicted octanol–water partition coefficient (Wildman–Crippen LogP) is 3.37. The van der Waals surface area contributed by atoms with Crippen LogP contribution in [0.3, 0.4) is 0 Å². The predicted molar refractivity (Wildman–Crippen MR) is 64.1 cm³/mol. The highest BCUT2D eigenvalue weighted by atomic mass is 32.1. The summed E-state index contributed by atoms with van der Waals surface area (Å²) in [7, 11) is 0. The number of hydrogen-bond acceptors (Lipinski definition) is 2. The number of hydrogen-bond donors (Lipinski definition) is 1. The minimum absolute atomic E-state index is 0.0427. The molecule has 0 aliphatic carbocycles. The largest absolute Gasteiger partial charge is 0.326 e. The Balaban J connectivity index is 2.21. The second-order valence-electron chi connectivity index (χ2n) is 3.24. The van der Waals surface area contributed by atoms with Crippen molar-refractivity contribution in [3.63, 3.8) is 0 Å². The van der Waals surface area contributed by atoms with Gasteiger partial charge in [0.05, 0.1) is 0 Å². The standard InChI is InChI=1S/C12H11NOS/c1-9(14)13-11-6-4-10(5-7-11)12-3-2-8-15-12/h2-8H,1H3,(H,13,14). The lowest BCUT2D eigenvalue weighted by molar-refractivity contribution is -0.114. The second kappa shape index (κ2) is 4.28. The van der Waals surface area contributed by atoms with E-state index in [0.717, 1.165) is 5.69 Å². The van der Waals surface area contributed by atoms with Crippen LogP contribution in [0.5, 0.6) is 0 Å². The number of benzene rings is 1. The fourth-order valence-electron chi connectivity index (χ4n) is 1.36. The van der Waals surface area contributed by atoms with Crippen molar-refractivity contribution in [3.05, 3.63) is 41.8 Å². The van der Waals surface area contributed by atoms with Crippen LogP contribution in [0.2, 0.25) is 0 Å². The summed E-state index contributed by atoms with van der Waals surface area (Å²) in [6, 6.07) is 12.0. The maximum atomic E-state index is 10.8. The Kier molecular flexibility index (Phi) is 2.83. The highest BCUT2D eigenvalue weighted by Gasteiger charge is 1.99. The Hall–Kier alpha value is -1.61. The number of carbonyl (C=O) groups is 1. The number of anilines is 1. The molecule has 0 fully saturated rings. The molecule has 0 unspecified atom stereocenters. The van der Waals surface area contributed by atoms with E-state index in [9.17, 15) is 4.79 Å². The summed E-state index contributed by atoms with van der Waals surface area (Å²) in [5, 5.41) is 4.79. The van der Waals surface area contributed by atoms with Crippen LogP contribution in [0.4, 0.5) is 5.69 Å². The van der Waals surface area contributed by atoms with Crippen molar-refractivity contribution in [1.82, 2.24) is 0 Å². The Morgan fingerprint density at radius 3 is 2.47 bits per heavy atom. The molecule has 1 heterocycles. The first-order valence-electron chi connectivity index (χ1n) is 4.67. The molecular formula is C12H11NOS. The molecule has 0 spiro atoms. The third-order valence-corrected chi connectivity index (χ3v) is 2.93. The van der Waals surface area contributed by atoms with Crippen molar-refractivity contribution in [1.29, 1.82) is 0 Å². The van der Waals surface area contributed by atoms with Crippen molar-refractivity contribution in [2.75, 3.05) is 5.32 Å².